The Kier molecular flexibility index (Phi) is 4.79. The molecule has 1 aromatic heterocycles. The molecular weight excluding hydrogens is 218 g/mol. The van der Waals surface area contributed by atoms with E-state index >= 15 is 0 Å². The van der Waals surface area contributed by atoms with Gasteiger partial charge in [-0.15, -0.1) is 12.6 Å². The summed E-state index contributed by atoms with van der Waals surface area (Å²) >= 11 is 4.08. The van der Waals surface area contributed by atoms with Crippen LogP contribution in [0.3, 0.4) is 0 Å². The number of nitrogens with zero attached hydrogens (tertiary/aromatic N) is 2. The van der Waals surface area contributed by atoms with Gasteiger partial charge < -0.3 is 5.73 Å². The van der Waals surface area contributed by atoms with Gasteiger partial charge in [-0.25, -0.2) is 9.97 Å². The summed E-state index contributed by atoms with van der Waals surface area (Å²) in [6.45, 7) is 3.96. The molecular formula is C12H15N3S. The number of thiol groups is 1. The van der Waals surface area contributed by atoms with Crippen LogP contribution in [0.1, 0.15) is 11.3 Å². The number of benzene rings is 1. The number of anilines is 1. The molecule has 1 aromatic carbocycles. The quantitative estimate of drug-likeness (QED) is 0.543. The van der Waals surface area contributed by atoms with Crippen molar-refractivity contribution in [2.45, 2.75) is 18.7 Å². The second-order valence-electron chi connectivity index (χ2n) is 3.38. The first-order chi connectivity index (χ1) is 7.59. The van der Waals surface area contributed by atoms with E-state index in [1.807, 2.05) is 44.3 Å². The second kappa shape index (κ2) is 6.12. The monoisotopic (exact) mass is 233 g/mol. The number of aryl methyl sites for hydroxylation is 2. The third-order valence-electron chi connectivity index (χ3n) is 2.05. The highest BCUT2D eigenvalue weighted by molar-refractivity contribution is 7.80. The van der Waals surface area contributed by atoms with Crippen LogP contribution in [0.15, 0.2) is 41.7 Å². The van der Waals surface area contributed by atoms with Crippen molar-refractivity contribution in [3.8, 4) is 0 Å². The molecule has 16 heavy (non-hydrogen) atoms. The van der Waals surface area contributed by atoms with Crippen molar-refractivity contribution < 1.29 is 0 Å². The van der Waals surface area contributed by atoms with E-state index in [1.165, 1.54) is 0 Å². The van der Waals surface area contributed by atoms with Gasteiger partial charge >= 0.3 is 0 Å². The fraction of sp³-hybridized carbons (Fsp3) is 0.167. The SMILES string of the molecule is Cc1cncnc1C.Nc1ccc(S)cc1. The first-order valence-electron chi connectivity index (χ1n) is 4.87. The number of rotatable bonds is 0. The number of hydrogen-bond donors (Lipinski definition) is 2. The van der Waals surface area contributed by atoms with Crippen molar-refractivity contribution in [3.63, 3.8) is 0 Å². The van der Waals surface area contributed by atoms with Gasteiger partial charge in [0.2, 0.25) is 0 Å². The van der Waals surface area contributed by atoms with Gasteiger partial charge in [0.15, 0.2) is 0 Å². The van der Waals surface area contributed by atoms with Crippen molar-refractivity contribution in [2.75, 3.05) is 5.73 Å². The highest BCUT2D eigenvalue weighted by atomic mass is 32.1. The molecule has 0 saturated carbocycles. The highest BCUT2D eigenvalue weighted by Gasteiger charge is 1.86. The Hall–Kier alpha value is -1.55. The smallest absolute Gasteiger partial charge is 0.115 e. The maximum Gasteiger partial charge on any atom is 0.115 e. The highest BCUT2D eigenvalue weighted by Crippen LogP contribution is 2.07. The zero-order valence-electron chi connectivity index (χ0n) is 9.38. The molecule has 84 valence electrons. The lowest BCUT2D eigenvalue weighted by Crippen LogP contribution is -1.85. The molecule has 0 spiro atoms. The van der Waals surface area contributed by atoms with Gasteiger partial charge in [-0.3, -0.25) is 0 Å². The lowest BCUT2D eigenvalue weighted by Gasteiger charge is -1.91. The van der Waals surface area contributed by atoms with Crippen molar-refractivity contribution >= 4 is 18.3 Å². The Morgan fingerprint density at radius 3 is 2.12 bits per heavy atom. The Morgan fingerprint density at radius 2 is 1.75 bits per heavy atom. The third kappa shape index (κ3) is 4.31. The summed E-state index contributed by atoms with van der Waals surface area (Å²) in [5.74, 6) is 0. The van der Waals surface area contributed by atoms with Gasteiger partial charge in [0.1, 0.15) is 6.33 Å². The first kappa shape index (κ1) is 12.5. The molecule has 3 nitrogen and oxygen atoms in total. The molecule has 0 amide bonds. The van der Waals surface area contributed by atoms with E-state index in [-0.39, 0.29) is 0 Å². The van der Waals surface area contributed by atoms with Crippen molar-refractivity contribution in [2.24, 2.45) is 0 Å². The molecule has 0 aliphatic carbocycles. The Bertz CT molecular complexity index is 398. The Balaban J connectivity index is 0.000000160. The molecule has 0 aliphatic rings. The summed E-state index contributed by atoms with van der Waals surface area (Å²) in [6, 6.07) is 7.36. The molecule has 1 heterocycles. The van der Waals surface area contributed by atoms with Crippen LogP contribution < -0.4 is 5.73 Å². The molecule has 0 bridgehead atoms. The number of nitrogens with two attached hydrogens (primary N) is 1. The van der Waals surface area contributed by atoms with E-state index in [2.05, 4.69) is 22.6 Å². The average Bonchev–Trinajstić information content (AvgIpc) is 2.28. The van der Waals surface area contributed by atoms with Gasteiger partial charge in [0, 0.05) is 22.5 Å². The van der Waals surface area contributed by atoms with Crippen LogP contribution in [0, 0.1) is 13.8 Å². The number of nitrogen functional groups attached to an aromatic ring is 1. The minimum Gasteiger partial charge on any atom is -0.399 e. The molecule has 0 fully saturated rings. The van der Waals surface area contributed by atoms with E-state index in [9.17, 15) is 0 Å². The molecule has 0 unspecified atom stereocenters. The largest absolute Gasteiger partial charge is 0.399 e. The average molecular weight is 233 g/mol. The Labute approximate surface area is 101 Å². The van der Waals surface area contributed by atoms with Crippen molar-refractivity contribution in [3.05, 3.63) is 48.0 Å². The van der Waals surface area contributed by atoms with Crippen LogP contribution in [0.25, 0.3) is 0 Å². The van der Waals surface area contributed by atoms with E-state index in [0.717, 1.165) is 21.8 Å². The lowest BCUT2D eigenvalue weighted by atomic mass is 10.3. The van der Waals surface area contributed by atoms with E-state index in [0.29, 0.717) is 0 Å². The fourth-order valence-corrected chi connectivity index (χ4v) is 1.08. The molecule has 0 radical (unpaired) electrons. The zero-order valence-corrected chi connectivity index (χ0v) is 10.3. The minimum absolute atomic E-state index is 0.780. The molecule has 4 heteroatoms. The lowest BCUT2D eigenvalue weighted by molar-refractivity contribution is 1.06. The van der Waals surface area contributed by atoms with Gasteiger partial charge in [0.05, 0.1) is 0 Å². The fourth-order valence-electron chi connectivity index (χ4n) is 0.935. The number of aromatic nitrogens is 2. The number of hydrogen-bond acceptors (Lipinski definition) is 4. The third-order valence-corrected chi connectivity index (χ3v) is 2.35. The predicted octanol–water partition coefficient (Wildman–Crippen LogP) is 2.65. The van der Waals surface area contributed by atoms with Gasteiger partial charge in [-0.2, -0.15) is 0 Å². The summed E-state index contributed by atoms with van der Waals surface area (Å²) in [5, 5.41) is 0. The van der Waals surface area contributed by atoms with Crippen molar-refractivity contribution in [1.29, 1.82) is 0 Å². The van der Waals surface area contributed by atoms with E-state index < -0.39 is 0 Å². The minimum atomic E-state index is 0.780. The van der Waals surface area contributed by atoms with Crippen LogP contribution in [0.4, 0.5) is 5.69 Å². The van der Waals surface area contributed by atoms with E-state index in [4.69, 9.17) is 5.73 Å². The van der Waals surface area contributed by atoms with Crippen LogP contribution in [0.2, 0.25) is 0 Å². The van der Waals surface area contributed by atoms with Gasteiger partial charge in [-0.05, 0) is 43.7 Å². The molecule has 2 N–H and O–H groups in total. The second-order valence-corrected chi connectivity index (χ2v) is 3.90. The van der Waals surface area contributed by atoms with Gasteiger partial charge in [0.25, 0.3) is 0 Å². The maximum atomic E-state index is 5.39. The summed E-state index contributed by atoms with van der Waals surface area (Å²) in [7, 11) is 0. The summed E-state index contributed by atoms with van der Waals surface area (Å²) in [5.41, 5.74) is 8.37. The first-order valence-corrected chi connectivity index (χ1v) is 5.32. The van der Waals surface area contributed by atoms with Crippen LogP contribution in [0.5, 0.6) is 0 Å². The molecule has 2 aromatic rings. The van der Waals surface area contributed by atoms with Gasteiger partial charge in [-0.1, -0.05) is 0 Å². The summed E-state index contributed by atoms with van der Waals surface area (Å²) in [6.07, 6.45) is 3.37. The van der Waals surface area contributed by atoms with Crippen molar-refractivity contribution in [1.82, 2.24) is 9.97 Å². The maximum absolute atomic E-state index is 5.39. The standard InChI is InChI=1S/C6H8N2.C6H7NS/c1-5-3-7-4-8-6(5)2;7-5-1-3-6(8)4-2-5/h3-4H,1-2H3;1-4,8H,7H2. The molecule has 0 atom stereocenters. The topological polar surface area (TPSA) is 51.8 Å². The summed E-state index contributed by atoms with van der Waals surface area (Å²) < 4.78 is 0. The molecule has 2 rings (SSSR count). The predicted molar refractivity (Wildman–Crippen MR) is 69.6 cm³/mol. The van der Waals surface area contributed by atoms with Crippen LogP contribution in [-0.2, 0) is 0 Å². The normalized spacial score (nSPS) is 9.19. The van der Waals surface area contributed by atoms with E-state index in [1.54, 1.807) is 6.33 Å². The van der Waals surface area contributed by atoms with Crippen LogP contribution >= 0.6 is 12.6 Å². The Morgan fingerprint density at radius 1 is 1.12 bits per heavy atom. The van der Waals surface area contributed by atoms with Crippen LogP contribution in [-0.4, -0.2) is 9.97 Å². The molecule has 0 aliphatic heterocycles. The molecule has 0 saturated heterocycles. The summed E-state index contributed by atoms with van der Waals surface area (Å²) in [4.78, 5) is 8.75. The zero-order chi connectivity index (χ0) is 12.0.